The standard InChI is InChI=1S/C17H19N11O2/c1-11-12(9-18)14(19-5-7-29)24-15(20-6-8-30)13(11)25-26-16-23-10-28(27-16)17-21-3-2-4-22-17/h2-4,10,29-30H,5-8H2,1H3,(H2,19,20,24)/b26-25+. The largest absolute Gasteiger partial charge is 0.395 e. The van der Waals surface area contributed by atoms with E-state index < -0.39 is 0 Å². The highest BCUT2D eigenvalue weighted by atomic mass is 16.3. The fourth-order valence-electron chi connectivity index (χ4n) is 2.45. The lowest BCUT2D eigenvalue weighted by atomic mass is 10.1. The van der Waals surface area contributed by atoms with Gasteiger partial charge in [0.2, 0.25) is 0 Å². The zero-order valence-electron chi connectivity index (χ0n) is 16.1. The summed E-state index contributed by atoms with van der Waals surface area (Å²) in [5, 5.41) is 45.9. The molecule has 0 fully saturated rings. The second-order valence-electron chi connectivity index (χ2n) is 5.81. The topological polar surface area (TPSA) is 182 Å². The van der Waals surface area contributed by atoms with Gasteiger partial charge in [-0.25, -0.2) is 15.0 Å². The highest BCUT2D eigenvalue weighted by molar-refractivity contribution is 5.74. The van der Waals surface area contributed by atoms with E-state index >= 15 is 0 Å². The smallest absolute Gasteiger partial charge is 0.287 e. The highest BCUT2D eigenvalue weighted by Crippen LogP contribution is 2.34. The van der Waals surface area contributed by atoms with E-state index in [1.54, 1.807) is 25.4 Å². The summed E-state index contributed by atoms with van der Waals surface area (Å²) in [6.45, 7) is 1.90. The quantitative estimate of drug-likeness (QED) is 0.370. The normalized spacial score (nSPS) is 10.9. The van der Waals surface area contributed by atoms with Gasteiger partial charge >= 0.3 is 0 Å². The second kappa shape index (κ2) is 9.96. The predicted molar refractivity (Wildman–Crippen MR) is 106 cm³/mol. The lowest BCUT2D eigenvalue weighted by Crippen LogP contribution is -2.13. The Labute approximate surface area is 171 Å². The number of aliphatic hydroxyl groups is 2. The van der Waals surface area contributed by atoms with Crippen molar-refractivity contribution in [2.24, 2.45) is 10.2 Å². The summed E-state index contributed by atoms with van der Waals surface area (Å²) in [5.41, 5.74) is 1.09. The third-order valence-electron chi connectivity index (χ3n) is 3.81. The van der Waals surface area contributed by atoms with Gasteiger partial charge in [0.25, 0.3) is 11.9 Å². The number of anilines is 2. The minimum atomic E-state index is -0.125. The first-order valence-electron chi connectivity index (χ1n) is 8.93. The molecular weight excluding hydrogens is 390 g/mol. The van der Waals surface area contributed by atoms with Crippen LogP contribution in [0, 0.1) is 18.3 Å². The average Bonchev–Trinajstić information content (AvgIpc) is 3.25. The number of aromatic nitrogens is 6. The summed E-state index contributed by atoms with van der Waals surface area (Å²) in [6.07, 6.45) is 4.56. The third kappa shape index (κ3) is 4.69. The molecule has 3 aromatic rings. The van der Waals surface area contributed by atoms with Gasteiger partial charge in [-0.1, -0.05) is 0 Å². The Bertz CT molecular complexity index is 1060. The Morgan fingerprint density at radius 1 is 1.07 bits per heavy atom. The van der Waals surface area contributed by atoms with E-state index in [1.807, 2.05) is 0 Å². The van der Waals surface area contributed by atoms with Crippen LogP contribution < -0.4 is 10.6 Å². The van der Waals surface area contributed by atoms with E-state index in [9.17, 15) is 5.26 Å². The number of azo groups is 1. The van der Waals surface area contributed by atoms with Crippen molar-refractivity contribution in [2.45, 2.75) is 6.92 Å². The third-order valence-corrected chi connectivity index (χ3v) is 3.81. The molecule has 154 valence electrons. The van der Waals surface area contributed by atoms with Crippen LogP contribution in [0.1, 0.15) is 11.1 Å². The van der Waals surface area contributed by atoms with Gasteiger partial charge in [0.15, 0.2) is 5.82 Å². The van der Waals surface area contributed by atoms with E-state index in [4.69, 9.17) is 10.2 Å². The summed E-state index contributed by atoms with van der Waals surface area (Å²) >= 11 is 0. The van der Waals surface area contributed by atoms with Crippen LogP contribution in [0.25, 0.3) is 5.95 Å². The molecule has 0 aliphatic rings. The minimum absolute atomic E-state index is 0.0657. The van der Waals surface area contributed by atoms with Gasteiger partial charge in [0, 0.05) is 31.0 Å². The summed E-state index contributed by atoms with van der Waals surface area (Å²) in [7, 11) is 0. The molecule has 3 aromatic heterocycles. The maximum absolute atomic E-state index is 9.54. The fourth-order valence-corrected chi connectivity index (χ4v) is 2.45. The number of pyridine rings is 1. The molecule has 3 rings (SSSR count). The van der Waals surface area contributed by atoms with Gasteiger partial charge in [0.05, 0.1) is 18.8 Å². The summed E-state index contributed by atoms with van der Waals surface area (Å²) < 4.78 is 1.35. The molecule has 0 radical (unpaired) electrons. The van der Waals surface area contributed by atoms with Gasteiger partial charge in [-0.2, -0.15) is 14.9 Å². The van der Waals surface area contributed by atoms with Crippen LogP contribution in [0.15, 0.2) is 35.0 Å². The zero-order chi connectivity index (χ0) is 21.3. The lowest BCUT2D eigenvalue weighted by Gasteiger charge is -2.14. The summed E-state index contributed by atoms with van der Waals surface area (Å²) in [4.78, 5) is 16.6. The molecule has 13 nitrogen and oxygen atoms in total. The van der Waals surface area contributed by atoms with Crippen molar-refractivity contribution in [1.82, 2.24) is 29.7 Å². The number of hydrogen-bond acceptors (Lipinski definition) is 12. The number of nitriles is 1. The molecule has 0 amide bonds. The number of nitrogens with one attached hydrogen (secondary N) is 2. The Balaban J connectivity index is 1.95. The van der Waals surface area contributed by atoms with Crippen molar-refractivity contribution >= 4 is 23.3 Å². The van der Waals surface area contributed by atoms with E-state index in [0.29, 0.717) is 28.8 Å². The Morgan fingerprint density at radius 3 is 2.43 bits per heavy atom. The van der Waals surface area contributed by atoms with Gasteiger partial charge in [-0.05, 0) is 13.0 Å². The molecular formula is C17H19N11O2. The molecule has 0 spiro atoms. The SMILES string of the molecule is Cc1c(C#N)c(NCCO)nc(NCCO)c1/N=N/c1ncn(-c2ncccn2)n1. The summed E-state index contributed by atoms with van der Waals surface area (Å²) in [5.74, 6) is 1.01. The second-order valence-corrected chi connectivity index (χ2v) is 5.81. The van der Waals surface area contributed by atoms with Crippen LogP contribution in [0.3, 0.4) is 0 Å². The Kier molecular flexibility index (Phi) is 6.87. The van der Waals surface area contributed by atoms with Gasteiger partial charge in [0.1, 0.15) is 23.9 Å². The molecule has 0 aliphatic heterocycles. The first-order chi connectivity index (χ1) is 14.7. The van der Waals surface area contributed by atoms with E-state index in [0.717, 1.165) is 0 Å². The van der Waals surface area contributed by atoms with Crippen LogP contribution in [-0.4, -0.2) is 66.2 Å². The van der Waals surface area contributed by atoms with E-state index in [2.05, 4.69) is 52.0 Å². The van der Waals surface area contributed by atoms with E-state index in [-0.39, 0.29) is 37.8 Å². The van der Waals surface area contributed by atoms with Gasteiger partial charge in [-0.15, -0.1) is 15.3 Å². The molecule has 0 aromatic carbocycles. The highest BCUT2D eigenvalue weighted by Gasteiger charge is 2.17. The number of nitrogens with zero attached hydrogens (tertiary/aromatic N) is 9. The van der Waals surface area contributed by atoms with Gasteiger partial charge < -0.3 is 20.8 Å². The first-order valence-corrected chi connectivity index (χ1v) is 8.93. The molecule has 0 atom stereocenters. The summed E-state index contributed by atoms with van der Waals surface area (Å²) in [6, 6.07) is 3.77. The molecule has 3 heterocycles. The van der Waals surface area contributed by atoms with Crippen molar-refractivity contribution in [3.05, 3.63) is 35.9 Å². The van der Waals surface area contributed by atoms with Crippen LogP contribution in [-0.2, 0) is 0 Å². The molecule has 0 saturated carbocycles. The molecule has 0 aliphatic carbocycles. The van der Waals surface area contributed by atoms with Crippen molar-refractivity contribution in [1.29, 1.82) is 5.26 Å². The molecule has 4 N–H and O–H groups in total. The zero-order valence-corrected chi connectivity index (χ0v) is 16.1. The van der Waals surface area contributed by atoms with Crippen LogP contribution in [0.5, 0.6) is 0 Å². The molecule has 0 saturated heterocycles. The fraction of sp³-hybridized carbons (Fsp3) is 0.294. The number of rotatable bonds is 9. The first kappa shape index (κ1) is 20.7. The monoisotopic (exact) mass is 409 g/mol. The van der Waals surface area contributed by atoms with Crippen molar-refractivity contribution in [3.63, 3.8) is 0 Å². The van der Waals surface area contributed by atoms with Crippen LogP contribution >= 0.6 is 0 Å². The van der Waals surface area contributed by atoms with Crippen molar-refractivity contribution < 1.29 is 10.2 Å². The van der Waals surface area contributed by atoms with Crippen LogP contribution in [0.2, 0.25) is 0 Å². The average molecular weight is 409 g/mol. The van der Waals surface area contributed by atoms with Crippen LogP contribution in [0.4, 0.5) is 23.3 Å². The minimum Gasteiger partial charge on any atom is -0.395 e. The number of hydrogen-bond donors (Lipinski definition) is 4. The number of aliphatic hydroxyl groups excluding tert-OH is 2. The maximum atomic E-state index is 9.54. The van der Waals surface area contributed by atoms with Gasteiger partial charge in [-0.3, -0.25) is 0 Å². The van der Waals surface area contributed by atoms with Crippen molar-refractivity contribution in [2.75, 3.05) is 36.9 Å². The Hall–Kier alpha value is -4.02. The molecule has 13 heteroatoms. The molecule has 30 heavy (non-hydrogen) atoms. The molecule has 0 unspecified atom stereocenters. The lowest BCUT2D eigenvalue weighted by molar-refractivity contribution is 0.311. The molecule has 0 bridgehead atoms. The Morgan fingerprint density at radius 2 is 1.77 bits per heavy atom. The van der Waals surface area contributed by atoms with Crippen molar-refractivity contribution in [3.8, 4) is 12.0 Å². The maximum Gasteiger partial charge on any atom is 0.287 e. The van der Waals surface area contributed by atoms with E-state index in [1.165, 1.54) is 11.0 Å². The predicted octanol–water partition coefficient (Wildman–Crippen LogP) is 0.856.